The Hall–Kier alpha value is -0.540. The summed E-state index contributed by atoms with van der Waals surface area (Å²) in [5.74, 6) is 0. The van der Waals surface area contributed by atoms with E-state index >= 15 is 0 Å². The van der Waals surface area contributed by atoms with Crippen LogP contribution in [-0.2, 0) is 13.0 Å². The van der Waals surface area contributed by atoms with E-state index in [2.05, 4.69) is 53.9 Å². The Labute approximate surface area is 112 Å². The summed E-state index contributed by atoms with van der Waals surface area (Å²) in [5, 5.41) is 0. The molecule has 2 N–H and O–H groups in total. The number of nitrogens with two attached hydrogens (primary N) is 1. The lowest BCUT2D eigenvalue weighted by atomic mass is 9.74. The monoisotopic (exact) mass is 296 g/mol. The summed E-state index contributed by atoms with van der Waals surface area (Å²) in [5.41, 5.74) is 10.6. The number of hydrogen-bond donors (Lipinski definition) is 1. The molecule has 2 rings (SSSR count). The molecule has 3 heteroatoms. The van der Waals surface area contributed by atoms with Crippen molar-refractivity contribution in [3.05, 3.63) is 34.1 Å². The fourth-order valence-corrected chi connectivity index (χ4v) is 3.15. The van der Waals surface area contributed by atoms with Crippen molar-refractivity contribution in [3.8, 4) is 0 Å². The van der Waals surface area contributed by atoms with Crippen LogP contribution >= 0.6 is 15.9 Å². The molecule has 17 heavy (non-hydrogen) atoms. The summed E-state index contributed by atoms with van der Waals surface area (Å²) in [6.45, 7) is 11.5. The Morgan fingerprint density at radius 2 is 2.29 bits per heavy atom. The van der Waals surface area contributed by atoms with Gasteiger partial charge in [0, 0.05) is 21.9 Å². The number of aryl methyl sites for hydroxylation is 1. The van der Waals surface area contributed by atoms with Crippen LogP contribution in [0.2, 0.25) is 0 Å². The van der Waals surface area contributed by atoms with E-state index in [0.29, 0.717) is 5.41 Å². The van der Waals surface area contributed by atoms with Crippen LogP contribution < -0.4 is 5.73 Å². The molecule has 94 valence electrons. The number of aromatic nitrogens is 1. The van der Waals surface area contributed by atoms with Crippen LogP contribution in [-0.4, -0.2) is 4.57 Å². The first-order chi connectivity index (χ1) is 7.80. The SMILES string of the molecule is C=C(Br)Cn1c(C)cc2c1CC(C)(C)CC2N. The molecule has 1 unspecified atom stereocenters. The summed E-state index contributed by atoms with van der Waals surface area (Å²) >= 11 is 3.45. The molecule has 1 atom stereocenters. The zero-order valence-electron chi connectivity index (χ0n) is 10.9. The summed E-state index contributed by atoms with van der Waals surface area (Å²) in [7, 11) is 0. The minimum absolute atomic E-state index is 0.178. The Kier molecular flexibility index (Phi) is 3.25. The lowest BCUT2D eigenvalue weighted by Crippen LogP contribution is -2.30. The molecule has 1 aliphatic rings. The van der Waals surface area contributed by atoms with E-state index in [9.17, 15) is 0 Å². The van der Waals surface area contributed by atoms with Crippen LogP contribution in [0.3, 0.4) is 0 Å². The van der Waals surface area contributed by atoms with Crippen molar-refractivity contribution in [3.63, 3.8) is 0 Å². The highest BCUT2D eigenvalue weighted by Crippen LogP contribution is 2.41. The molecule has 1 aromatic rings. The summed E-state index contributed by atoms with van der Waals surface area (Å²) in [6.07, 6.45) is 2.17. The van der Waals surface area contributed by atoms with Crippen LogP contribution in [0.5, 0.6) is 0 Å². The molecule has 1 aromatic heterocycles. The zero-order valence-corrected chi connectivity index (χ0v) is 12.5. The first-order valence-corrected chi connectivity index (χ1v) is 6.87. The van der Waals surface area contributed by atoms with Gasteiger partial charge in [-0.25, -0.2) is 0 Å². The highest BCUT2D eigenvalue weighted by atomic mass is 79.9. The van der Waals surface area contributed by atoms with Gasteiger partial charge in [-0.1, -0.05) is 36.4 Å². The minimum atomic E-state index is 0.178. The number of halogens is 1. The molecule has 1 aliphatic carbocycles. The van der Waals surface area contributed by atoms with Crippen LogP contribution in [0, 0.1) is 12.3 Å². The quantitative estimate of drug-likeness (QED) is 0.887. The van der Waals surface area contributed by atoms with Gasteiger partial charge in [0.05, 0.1) is 6.54 Å². The van der Waals surface area contributed by atoms with Crippen molar-refractivity contribution in [1.29, 1.82) is 0 Å². The molecule has 0 saturated heterocycles. The number of rotatable bonds is 2. The van der Waals surface area contributed by atoms with Gasteiger partial charge in [-0.05, 0) is 36.8 Å². The second kappa shape index (κ2) is 4.29. The Bertz CT molecular complexity index is 457. The molecule has 0 saturated carbocycles. The van der Waals surface area contributed by atoms with Crippen LogP contribution in [0.4, 0.5) is 0 Å². The normalized spacial score (nSPS) is 22.3. The predicted molar refractivity (Wildman–Crippen MR) is 76.3 cm³/mol. The summed E-state index contributed by atoms with van der Waals surface area (Å²) < 4.78 is 3.35. The van der Waals surface area contributed by atoms with Gasteiger partial charge in [0.2, 0.25) is 0 Å². The molecular formula is C14H21BrN2. The molecule has 0 spiro atoms. The smallest absolute Gasteiger partial charge is 0.0535 e. The van der Waals surface area contributed by atoms with E-state index < -0.39 is 0 Å². The third kappa shape index (κ3) is 2.50. The van der Waals surface area contributed by atoms with Gasteiger partial charge in [-0.2, -0.15) is 0 Å². The largest absolute Gasteiger partial charge is 0.344 e. The molecule has 2 nitrogen and oxygen atoms in total. The van der Waals surface area contributed by atoms with Crippen molar-refractivity contribution in [2.75, 3.05) is 0 Å². The molecule has 0 bridgehead atoms. The van der Waals surface area contributed by atoms with E-state index in [-0.39, 0.29) is 6.04 Å². The third-order valence-electron chi connectivity index (χ3n) is 3.60. The maximum atomic E-state index is 6.29. The van der Waals surface area contributed by atoms with Gasteiger partial charge < -0.3 is 10.3 Å². The minimum Gasteiger partial charge on any atom is -0.344 e. The topological polar surface area (TPSA) is 30.9 Å². The van der Waals surface area contributed by atoms with Crippen LogP contribution in [0.25, 0.3) is 0 Å². The molecule has 0 amide bonds. The fourth-order valence-electron chi connectivity index (χ4n) is 2.90. The zero-order chi connectivity index (χ0) is 12.8. The molecule has 1 heterocycles. The fraction of sp³-hybridized carbons (Fsp3) is 0.571. The molecule has 0 fully saturated rings. The Morgan fingerprint density at radius 1 is 1.65 bits per heavy atom. The van der Waals surface area contributed by atoms with Gasteiger partial charge in [-0.3, -0.25) is 0 Å². The van der Waals surface area contributed by atoms with E-state index in [0.717, 1.165) is 23.9 Å². The van der Waals surface area contributed by atoms with Gasteiger partial charge in [0.25, 0.3) is 0 Å². The van der Waals surface area contributed by atoms with Crippen molar-refractivity contribution in [2.24, 2.45) is 11.1 Å². The van der Waals surface area contributed by atoms with Gasteiger partial charge in [0.1, 0.15) is 0 Å². The first kappa shape index (κ1) is 12.9. The number of hydrogen-bond acceptors (Lipinski definition) is 1. The molecule has 0 radical (unpaired) electrons. The maximum Gasteiger partial charge on any atom is 0.0535 e. The van der Waals surface area contributed by atoms with Gasteiger partial charge >= 0.3 is 0 Å². The van der Waals surface area contributed by atoms with E-state index in [1.54, 1.807) is 0 Å². The van der Waals surface area contributed by atoms with Crippen molar-refractivity contribution >= 4 is 15.9 Å². The third-order valence-corrected chi connectivity index (χ3v) is 3.85. The molecule has 0 aliphatic heterocycles. The number of allylic oxidation sites excluding steroid dienone is 1. The van der Waals surface area contributed by atoms with Crippen molar-refractivity contribution in [2.45, 2.75) is 46.2 Å². The van der Waals surface area contributed by atoms with Crippen molar-refractivity contribution in [1.82, 2.24) is 4.57 Å². The maximum absolute atomic E-state index is 6.29. The average molecular weight is 297 g/mol. The van der Waals surface area contributed by atoms with E-state index in [1.807, 2.05) is 0 Å². The van der Waals surface area contributed by atoms with Gasteiger partial charge in [-0.15, -0.1) is 0 Å². The van der Waals surface area contributed by atoms with Crippen LogP contribution in [0.1, 0.15) is 43.3 Å². The predicted octanol–water partition coefficient (Wildman–Crippen LogP) is 3.68. The molecular weight excluding hydrogens is 276 g/mol. The standard InChI is InChI=1S/C14H21BrN2/c1-9(15)8-17-10(2)5-11-12(16)6-14(3,4)7-13(11)17/h5,12H,1,6-8,16H2,2-4H3. The summed E-state index contributed by atoms with van der Waals surface area (Å²) in [6, 6.07) is 2.42. The second-order valence-electron chi connectivity index (χ2n) is 5.94. The highest BCUT2D eigenvalue weighted by molar-refractivity contribution is 9.11. The lowest BCUT2D eigenvalue weighted by Gasteiger charge is -2.34. The van der Waals surface area contributed by atoms with Crippen molar-refractivity contribution < 1.29 is 0 Å². The second-order valence-corrected chi connectivity index (χ2v) is 7.06. The number of fused-ring (bicyclic) bond motifs is 1. The van der Waals surface area contributed by atoms with E-state index in [1.165, 1.54) is 17.0 Å². The summed E-state index contributed by atoms with van der Waals surface area (Å²) in [4.78, 5) is 0. The Morgan fingerprint density at radius 3 is 2.88 bits per heavy atom. The van der Waals surface area contributed by atoms with E-state index in [4.69, 9.17) is 5.73 Å². The van der Waals surface area contributed by atoms with Gasteiger partial charge in [0.15, 0.2) is 0 Å². The number of nitrogens with zero attached hydrogens (tertiary/aromatic N) is 1. The average Bonchev–Trinajstić information content (AvgIpc) is 2.43. The van der Waals surface area contributed by atoms with Crippen LogP contribution in [0.15, 0.2) is 17.1 Å². The first-order valence-electron chi connectivity index (χ1n) is 6.08. The Balaban J connectivity index is 2.47. The highest BCUT2D eigenvalue weighted by Gasteiger charge is 2.33. The molecule has 0 aromatic carbocycles. The lowest BCUT2D eigenvalue weighted by molar-refractivity contribution is 0.276.